The van der Waals surface area contributed by atoms with E-state index >= 15 is 0 Å². The lowest BCUT2D eigenvalue weighted by Gasteiger charge is -2.16. The van der Waals surface area contributed by atoms with E-state index in [9.17, 15) is 4.79 Å². The molecule has 1 aromatic heterocycles. The highest BCUT2D eigenvalue weighted by Gasteiger charge is 2.17. The predicted octanol–water partition coefficient (Wildman–Crippen LogP) is 2.31. The van der Waals surface area contributed by atoms with E-state index < -0.39 is 0 Å². The van der Waals surface area contributed by atoms with Crippen molar-refractivity contribution in [1.82, 2.24) is 10.3 Å². The zero-order valence-corrected chi connectivity index (χ0v) is 12.4. The number of carbonyl (C=O) groups is 1. The van der Waals surface area contributed by atoms with Crippen LogP contribution in [0.3, 0.4) is 0 Å². The van der Waals surface area contributed by atoms with Gasteiger partial charge in [-0.1, -0.05) is 13.3 Å². The molecule has 0 fully saturated rings. The predicted molar refractivity (Wildman–Crippen MR) is 75.6 cm³/mol. The summed E-state index contributed by atoms with van der Waals surface area (Å²) in [5.41, 5.74) is 6.62. The number of hydrogen-bond donors (Lipinski definition) is 2. The molecule has 102 valence electrons. The van der Waals surface area contributed by atoms with E-state index in [0.717, 1.165) is 22.0 Å². The van der Waals surface area contributed by atoms with Crippen molar-refractivity contribution in [3.8, 4) is 0 Å². The Balaban J connectivity index is 2.57. The number of hydrogen-bond acceptors (Lipinski definition) is 4. The van der Waals surface area contributed by atoms with Gasteiger partial charge >= 0.3 is 0 Å². The Morgan fingerprint density at radius 3 is 2.61 bits per heavy atom. The summed E-state index contributed by atoms with van der Waals surface area (Å²) < 4.78 is 0. The standard InChI is InChI=1S/C13H23N3OS/c1-5-11(7-14)6-12(17)16-9(3)13-8(2)15-10(4)18-13/h9,11H,5-7,14H2,1-4H3,(H,16,17). The SMILES string of the molecule is CCC(CN)CC(=O)NC(C)c1sc(C)nc1C. The minimum absolute atomic E-state index is 0.0268. The minimum atomic E-state index is 0.0268. The van der Waals surface area contributed by atoms with Gasteiger partial charge in [0.15, 0.2) is 0 Å². The highest BCUT2D eigenvalue weighted by Crippen LogP contribution is 2.24. The van der Waals surface area contributed by atoms with E-state index in [1.165, 1.54) is 0 Å². The molecule has 0 aliphatic carbocycles. The van der Waals surface area contributed by atoms with Gasteiger partial charge in [0.25, 0.3) is 0 Å². The summed E-state index contributed by atoms with van der Waals surface area (Å²) >= 11 is 1.64. The summed E-state index contributed by atoms with van der Waals surface area (Å²) in [6.45, 7) is 8.59. The van der Waals surface area contributed by atoms with Crippen molar-refractivity contribution in [1.29, 1.82) is 0 Å². The normalized spacial score (nSPS) is 14.3. The fourth-order valence-corrected chi connectivity index (χ4v) is 2.90. The number of nitrogens with zero attached hydrogens (tertiary/aromatic N) is 1. The molecule has 5 heteroatoms. The number of nitrogens with two attached hydrogens (primary N) is 1. The van der Waals surface area contributed by atoms with Crippen LogP contribution in [0.2, 0.25) is 0 Å². The van der Waals surface area contributed by atoms with E-state index in [1.54, 1.807) is 11.3 Å². The van der Waals surface area contributed by atoms with Crippen LogP contribution in [-0.2, 0) is 4.79 Å². The lowest BCUT2D eigenvalue weighted by molar-refractivity contribution is -0.122. The molecule has 1 rings (SSSR count). The van der Waals surface area contributed by atoms with Gasteiger partial charge in [0.1, 0.15) is 0 Å². The van der Waals surface area contributed by atoms with Gasteiger partial charge in [0.2, 0.25) is 5.91 Å². The third-order valence-electron chi connectivity index (χ3n) is 3.09. The third kappa shape index (κ3) is 4.07. The molecule has 0 aliphatic rings. The summed E-state index contributed by atoms with van der Waals surface area (Å²) in [5, 5.41) is 4.06. The number of aryl methyl sites for hydroxylation is 2. The second kappa shape index (κ2) is 6.85. The lowest BCUT2D eigenvalue weighted by atomic mass is 10.0. The molecule has 0 saturated heterocycles. The van der Waals surface area contributed by atoms with Crippen LogP contribution >= 0.6 is 11.3 Å². The molecule has 0 aromatic carbocycles. The summed E-state index contributed by atoms with van der Waals surface area (Å²) in [5.74, 6) is 0.353. The Hall–Kier alpha value is -0.940. The first kappa shape index (κ1) is 15.1. The van der Waals surface area contributed by atoms with Crippen molar-refractivity contribution in [2.24, 2.45) is 11.7 Å². The van der Waals surface area contributed by atoms with Crippen LogP contribution in [0.15, 0.2) is 0 Å². The Labute approximate surface area is 113 Å². The topological polar surface area (TPSA) is 68.0 Å². The molecule has 2 unspecified atom stereocenters. The van der Waals surface area contributed by atoms with Crippen molar-refractivity contribution >= 4 is 17.2 Å². The van der Waals surface area contributed by atoms with Gasteiger partial charge < -0.3 is 11.1 Å². The summed E-state index contributed by atoms with van der Waals surface area (Å²) in [7, 11) is 0. The number of carbonyl (C=O) groups excluding carboxylic acids is 1. The molecule has 2 atom stereocenters. The number of nitrogens with one attached hydrogen (secondary N) is 1. The highest BCUT2D eigenvalue weighted by atomic mass is 32.1. The number of rotatable bonds is 6. The Kier molecular flexibility index (Phi) is 5.75. The quantitative estimate of drug-likeness (QED) is 0.832. The molecule has 1 heterocycles. The van der Waals surface area contributed by atoms with Crippen LogP contribution in [0, 0.1) is 19.8 Å². The van der Waals surface area contributed by atoms with Gasteiger partial charge in [-0.2, -0.15) is 0 Å². The first-order chi connectivity index (χ1) is 8.47. The van der Waals surface area contributed by atoms with Gasteiger partial charge in [-0.25, -0.2) is 4.98 Å². The second-order valence-electron chi connectivity index (χ2n) is 4.69. The molecular formula is C13H23N3OS. The van der Waals surface area contributed by atoms with Crippen LogP contribution in [0.25, 0.3) is 0 Å². The zero-order chi connectivity index (χ0) is 13.7. The van der Waals surface area contributed by atoms with Gasteiger partial charge in [-0.3, -0.25) is 4.79 Å². The largest absolute Gasteiger partial charge is 0.349 e. The molecule has 0 aliphatic heterocycles. The van der Waals surface area contributed by atoms with Crippen molar-refractivity contribution in [2.45, 2.75) is 46.6 Å². The van der Waals surface area contributed by atoms with Gasteiger partial charge in [-0.15, -0.1) is 11.3 Å². The maximum Gasteiger partial charge on any atom is 0.220 e. The van der Waals surface area contributed by atoms with Crippen molar-refractivity contribution in [2.75, 3.05) is 6.54 Å². The molecule has 0 spiro atoms. The Bertz CT molecular complexity index is 399. The Morgan fingerprint density at radius 1 is 1.50 bits per heavy atom. The molecule has 18 heavy (non-hydrogen) atoms. The first-order valence-corrected chi connectivity index (χ1v) is 7.22. The molecule has 3 N–H and O–H groups in total. The van der Waals surface area contributed by atoms with E-state index in [1.807, 2.05) is 20.8 Å². The monoisotopic (exact) mass is 269 g/mol. The highest BCUT2D eigenvalue weighted by molar-refractivity contribution is 7.11. The fourth-order valence-electron chi connectivity index (χ4n) is 1.97. The van der Waals surface area contributed by atoms with Crippen molar-refractivity contribution in [3.63, 3.8) is 0 Å². The first-order valence-electron chi connectivity index (χ1n) is 6.41. The van der Waals surface area contributed by atoms with E-state index in [-0.39, 0.29) is 17.9 Å². The van der Waals surface area contributed by atoms with E-state index in [2.05, 4.69) is 17.2 Å². The molecule has 1 aromatic rings. The molecule has 0 bridgehead atoms. The molecule has 1 amide bonds. The second-order valence-corrected chi connectivity index (χ2v) is 5.92. The average molecular weight is 269 g/mol. The molecule has 0 saturated carbocycles. The van der Waals surface area contributed by atoms with E-state index in [4.69, 9.17) is 5.73 Å². The van der Waals surface area contributed by atoms with Crippen LogP contribution in [-0.4, -0.2) is 17.4 Å². The minimum Gasteiger partial charge on any atom is -0.349 e. The van der Waals surface area contributed by atoms with Crippen molar-refractivity contribution in [3.05, 3.63) is 15.6 Å². The third-order valence-corrected chi connectivity index (χ3v) is 4.35. The molecule has 0 radical (unpaired) electrons. The smallest absolute Gasteiger partial charge is 0.220 e. The van der Waals surface area contributed by atoms with Crippen LogP contribution in [0.4, 0.5) is 0 Å². The van der Waals surface area contributed by atoms with E-state index in [0.29, 0.717) is 13.0 Å². The number of amides is 1. The maximum absolute atomic E-state index is 11.9. The summed E-state index contributed by atoms with van der Waals surface area (Å²) in [6, 6.07) is 0.0268. The Morgan fingerprint density at radius 2 is 2.17 bits per heavy atom. The fraction of sp³-hybridized carbons (Fsp3) is 0.692. The number of aromatic nitrogens is 1. The number of thiazole rings is 1. The van der Waals surface area contributed by atoms with Gasteiger partial charge in [0.05, 0.1) is 16.7 Å². The summed E-state index contributed by atoms with van der Waals surface area (Å²) in [6.07, 6.45) is 1.45. The van der Waals surface area contributed by atoms with Crippen LogP contribution in [0.1, 0.15) is 48.3 Å². The lowest BCUT2D eigenvalue weighted by Crippen LogP contribution is -2.30. The zero-order valence-electron chi connectivity index (χ0n) is 11.6. The molecule has 4 nitrogen and oxygen atoms in total. The van der Waals surface area contributed by atoms with Crippen LogP contribution in [0.5, 0.6) is 0 Å². The van der Waals surface area contributed by atoms with Gasteiger partial charge in [0, 0.05) is 11.3 Å². The maximum atomic E-state index is 11.9. The van der Waals surface area contributed by atoms with Gasteiger partial charge in [-0.05, 0) is 33.2 Å². The van der Waals surface area contributed by atoms with Crippen LogP contribution < -0.4 is 11.1 Å². The van der Waals surface area contributed by atoms with Crippen molar-refractivity contribution < 1.29 is 4.79 Å². The molecular weight excluding hydrogens is 246 g/mol. The summed E-state index contributed by atoms with van der Waals surface area (Å²) in [4.78, 5) is 17.4. The average Bonchev–Trinajstić information content (AvgIpc) is 2.65.